The van der Waals surface area contributed by atoms with Gasteiger partial charge in [0.2, 0.25) is 5.91 Å². The van der Waals surface area contributed by atoms with E-state index in [0.29, 0.717) is 13.2 Å². The van der Waals surface area contributed by atoms with Crippen molar-refractivity contribution in [3.05, 3.63) is 29.3 Å². The molecule has 1 heterocycles. The average Bonchev–Trinajstić information content (AvgIpc) is 2.94. The van der Waals surface area contributed by atoms with Gasteiger partial charge in [0.25, 0.3) is 0 Å². The van der Waals surface area contributed by atoms with Crippen LogP contribution in [0.1, 0.15) is 6.42 Å². The number of nitrogens with zero attached hydrogens (tertiary/aromatic N) is 2. The van der Waals surface area contributed by atoms with E-state index in [9.17, 15) is 4.79 Å². The molecule has 1 aliphatic rings. The van der Waals surface area contributed by atoms with Gasteiger partial charge in [-0.25, -0.2) is 0 Å². The van der Waals surface area contributed by atoms with Gasteiger partial charge in [-0.2, -0.15) is 0 Å². The van der Waals surface area contributed by atoms with Crippen LogP contribution in [-0.4, -0.2) is 51.2 Å². The minimum atomic E-state index is 0.0492. The second-order valence-electron chi connectivity index (χ2n) is 5.14. The number of hydrogen-bond donors (Lipinski definition) is 0. The summed E-state index contributed by atoms with van der Waals surface area (Å²) in [5, 5.41) is 0.744. The van der Waals surface area contributed by atoms with Crippen LogP contribution in [-0.2, 0) is 9.53 Å². The molecule has 0 unspecified atom stereocenters. The monoisotopic (exact) mass is 296 g/mol. The molecule has 0 saturated carbocycles. The third-order valence-corrected chi connectivity index (χ3v) is 4.06. The van der Waals surface area contributed by atoms with Crippen LogP contribution in [0.3, 0.4) is 0 Å². The molecular formula is C15H21ClN2O2. The van der Waals surface area contributed by atoms with E-state index in [-0.39, 0.29) is 11.8 Å². The van der Waals surface area contributed by atoms with Crippen molar-refractivity contribution in [1.82, 2.24) is 4.90 Å². The van der Waals surface area contributed by atoms with Crippen LogP contribution in [0.15, 0.2) is 24.3 Å². The summed E-state index contributed by atoms with van der Waals surface area (Å²) in [4.78, 5) is 16.3. The molecule has 110 valence electrons. The first-order chi connectivity index (χ1) is 9.63. The fourth-order valence-corrected chi connectivity index (χ4v) is 2.79. The van der Waals surface area contributed by atoms with Gasteiger partial charge in [-0.3, -0.25) is 4.79 Å². The van der Waals surface area contributed by atoms with E-state index >= 15 is 0 Å². The molecule has 0 aliphatic carbocycles. The number of carbonyl (C=O) groups excluding carboxylic acids is 1. The zero-order valence-electron chi connectivity index (χ0n) is 12.0. The highest BCUT2D eigenvalue weighted by atomic mass is 35.5. The minimum Gasteiger partial charge on any atom is -0.383 e. The zero-order valence-corrected chi connectivity index (χ0v) is 12.8. The molecular weight excluding hydrogens is 276 g/mol. The molecule has 1 aliphatic heterocycles. The largest absolute Gasteiger partial charge is 0.383 e. The summed E-state index contributed by atoms with van der Waals surface area (Å²) in [6.45, 7) is 2.82. The van der Waals surface area contributed by atoms with Crippen molar-refractivity contribution < 1.29 is 9.53 Å². The first-order valence-electron chi connectivity index (χ1n) is 6.87. The molecule has 5 heteroatoms. The van der Waals surface area contributed by atoms with Crippen LogP contribution in [0.4, 0.5) is 5.69 Å². The SMILES string of the molecule is COCCN(C)C(=O)[C@H]1CCN(c2ccccc2Cl)C1. The predicted octanol–water partition coefficient (Wildman–Crippen LogP) is 2.27. The summed E-state index contributed by atoms with van der Waals surface area (Å²) >= 11 is 6.21. The Balaban J connectivity index is 1.95. The fraction of sp³-hybridized carbons (Fsp3) is 0.533. The highest BCUT2D eigenvalue weighted by Crippen LogP contribution is 2.30. The van der Waals surface area contributed by atoms with Gasteiger partial charge in [-0.05, 0) is 18.6 Å². The van der Waals surface area contributed by atoms with Gasteiger partial charge >= 0.3 is 0 Å². The molecule has 2 rings (SSSR count). The van der Waals surface area contributed by atoms with Crippen LogP contribution in [0.25, 0.3) is 0 Å². The number of halogens is 1. The van der Waals surface area contributed by atoms with E-state index in [2.05, 4.69) is 4.90 Å². The number of para-hydroxylation sites is 1. The number of amides is 1. The van der Waals surface area contributed by atoms with Gasteiger partial charge in [-0.15, -0.1) is 0 Å². The molecule has 0 bridgehead atoms. The van der Waals surface area contributed by atoms with Crippen LogP contribution in [0.2, 0.25) is 5.02 Å². The number of benzene rings is 1. The summed E-state index contributed by atoms with van der Waals surface area (Å²) in [6.07, 6.45) is 0.876. The van der Waals surface area contributed by atoms with Gasteiger partial charge in [0.05, 0.1) is 23.2 Å². The second kappa shape index (κ2) is 6.95. The lowest BCUT2D eigenvalue weighted by Crippen LogP contribution is -2.36. The normalized spacial score (nSPS) is 18.4. The van der Waals surface area contributed by atoms with Gasteiger partial charge in [0, 0.05) is 33.8 Å². The van der Waals surface area contributed by atoms with E-state index in [1.807, 2.05) is 31.3 Å². The Bertz CT molecular complexity index is 467. The standard InChI is InChI=1S/C15H21ClN2O2/c1-17(9-10-20-2)15(19)12-7-8-18(11-12)14-6-4-3-5-13(14)16/h3-6,12H,7-11H2,1-2H3/t12-/m0/s1. The van der Waals surface area contributed by atoms with Gasteiger partial charge in [-0.1, -0.05) is 23.7 Å². The number of rotatable bonds is 5. The van der Waals surface area contributed by atoms with Crippen LogP contribution in [0.5, 0.6) is 0 Å². The van der Waals surface area contributed by atoms with Crippen LogP contribution >= 0.6 is 11.6 Å². The lowest BCUT2D eigenvalue weighted by molar-refractivity contribution is -0.134. The maximum absolute atomic E-state index is 12.3. The number of anilines is 1. The maximum atomic E-state index is 12.3. The van der Waals surface area contributed by atoms with Crippen molar-refractivity contribution in [3.63, 3.8) is 0 Å². The molecule has 4 nitrogen and oxygen atoms in total. The molecule has 0 aromatic heterocycles. The topological polar surface area (TPSA) is 32.8 Å². The first kappa shape index (κ1) is 15.1. The third-order valence-electron chi connectivity index (χ3n) is 3.74. The molecule has 0 spiro atoms. The summed E-state index contributed by atoms with van der Waals surface area (Å²) in [7, 11) is 3.48. The molecule has 1 aromatic carbocycles. The van der Waals surface area contributed by atoms with Crippen molar-refractivity contribution in [2.45, 2.75) is 6.42 Å². The molecule has 20 heavy (non-hydrogen) atoms. The molecule has 1 fully saturated rings. The Labute approximate surface area is 125 Å². The van der Waals surface area contributed by atoms with Crippen molar-refractivity contribution in [3.8, 4) is 0 Å². The molecule has 1 aromatic rings. The minimum absolute atomic E-state index is 0.0492. The molecule has 0 N–H and O–H groups in total. The fourth-order valence-electron chi connectivity index (χ4n) is 2.54. The lowest BCUT2D eigenvalue weighted by Gasteiger charge is -2.22. The van der Waals surface area contributed by atoms with Crippen molar-refractivity contribution >= 4 is 23.2 Å². The third kappa shape index (κ3) is 3.44. The van der Waals surface area contributed by atoms with Gasteiger partial charge < -0.3 is 14.5 Å². The number of hydrogen-bond acceptors (Lipinski definition) is 3. The Hall–Kier alpha value is -1.26. The van der Waals surface area contributed by atoms with Crippen molar-refractivity contribution in [1.29, 1.82) is 0 Å². The molecule has 1 amide bonds. The van der Waals surface area contributed by atoms with Crippen LogP contribution < -0.4 is 4.90 Å². The van der Waals surface area contributed by atoms with Crippen LogP contribution in [0, 0.1) is 5.92 Å². The van der Waals surface area contributed by atoms with Crippen molar-refractivity contribution in [2.24, 2.45) is 5.92 Å². The van der Waals surface area contributed by atoms with Gasteiger partial charge in [0.15, 0.2) is 0 Å². The lowest BCUT2D eigenvalue weighted by atomic mass is 10.1. The summed E-state index contributed by atoms with van der Waals surface area (Å²) in [5.41, 5.74) is 1.02. The summed E-state index contributed by atoms with van der Waals surface area (Å²) in [5.74, 6) is 0.240. The Morgan fingerprint density at radius 2 is 2.25 bits per heavy atom. The molecule has 1 saturated heterocycles. The Morgan fingerprint density at radius 3 is 2.95 bits per heavy atom. The number of carbonyl (C=O) groups is 1. The smallest absolute Gasteiger partial charge is 0.227 e. The quantitative estimate of drug-likeness (QED) is 0.836. The van der Waals surface area contributed by atoms with E-state index in [4.69, 9.17) is 16.3 Å². The number of ether oxygens (including phenoxy) is 1. The van der Waals surface area contributed by atoms with E-state index in [0.717, 1.165) is 30.2 Å². The average molecular weight is 297 g/mol. The zero-order chi connectivity index (χ0) is 14.5. The van der Waals surface area contributed by atoms with Gasteiger partial charge in [0.1, 0.15) is 0 Å². The summed E-state index contributed by atoms with van der Waals surface area (Å²) < 4.78 is 5.01. The Morgan fingerprint density at radius 1 is 1.50 bits per heavy atom. The molecule has 0 radical (unpaired) electrons. The number of methoxy groups -OCH3 is 1. The highest BCUT2D eigenvalue weighted by molar-refractivity contribution is 6.33. The maximum Gasteiger partial charge on any atom is 0.227 e. The predicted molar refractivity (Wildman–Crippen MR) is 81.3 cm³/mol. The van der Waals surface area contributed by atoms with E-state index < -0.39 is 0 Å². The van der Waals surface area contributed by atoms with E-state index in [1.165, 1.54) is 0 Å². The first-order valence-corrected chi connectivity index (χ1v) is 7.24. The second-order valence-corrected chi connectivity index (χ2v) is 5.54. The summed E-state index contributed by atoms with van der Waals surface area (Å²) in [6, 6.07) is 7.78. The Kier molecular flexibility index (Phi) is 5.26. The van der Waals surface area contributed by atoms with E-state index in [1.54, 1.807) is 12.0 Å². The van der Waals surface area contributed by atoms with Crippen molar-refractivity contribution in [2.75, 3.05) is 45.3 Å². The number of likely N-dealkylation sites (N-methyl/N-ethyl adjacent to an activating group) is 1. The highest BCUT2D eigenvalue weighted by Gasteiger charge is 2.30. The molecule has 1 atom stereocenters.